The van der Waals surface area contributed by atoms with Gasteiger partial charge in [-0.3, -0.25) is 0 Å². The number of aromatic nitrogens is 2. The van der Waals surface area contributed by atoms with Crippen molar-refractivity contribution in [3.8, 4) is 5.88 Å². The van der Waals surface area contributed by atoms with Crippen molar-refractivity contribution in [2.45, 2.75) is 32.4 Å². The van der Waals surface area contributed by atoms with Crippen LogP contribution in [0.25, 0.3) is 0 Å². The molecular formula is C11H18ClN3O2. The first-order valence-electron chi connectivity index (χ1n) is 5.41. The van der Waals surface area contributed by atoms with Gasteiger partial charge in [-0.1, -0.05) is 0 Å². The van der Waals surface area contributed by atoms with Gasteiger partial charge in [0.15, 0.2) is 0 Å². The quantitative estimate of drug-likeness (QED) is 0.780. The van der Waals surface area contributed by atoms with E-state index >= 15 is 0 Å². The number of hydrogen-bond donors (Lipinski definition) is 2. The summed E-state index contributed by atoms with van der Waals surface area (Å²) in [5, 5.41) is 13.0. The van der Waals surface area contributed by atoms with Gasteiger partial charge in [0.1, 0.15) is 12.7 Å². The normalized spacial score (nSPS) is 13.5. The van der Waals surface area contributed by atoms with Crippen LogP contribution in [0.15, 0.2) is 12.3 Å². The molecule has 0 fully saturated rings. The molecule has 1 rings (SSSR count). The second-order valence-corrected chi connectivity index (χ2v) is 5.10. The van der Waals surface area contributed by atoms with Crippen LogP contribution in [-0.2, 0) is 0 Å². The van der Waals surface area contributed by atoms with Gasteiger partial charge in [0.2, 0.25) is 11.2 Å². The minimum Gasteiger partial charge on any atom is -0.475 e. The number of aliphatic hydroxyl groups is 1. The first-order valence-corrected chi connectivity index (χ1v) is 5.79. The monoisotopic (exact) mass is 259 g/mol. The van der Waals surface area contributed by atoms with Crippen molar-refractivity contribution >= 4 is 11.6 Å². The highest BCUT2D eigenvalue weighted by molar-refractivity contribution is 6.28. The fourth-order valence-electron chi connectivity index (χ4n) is 1.06. The molecule has 0 amide bonds. The Balaban J connectivity index is 2.31. The maximum absolute atomic E-state index is 9.68. The van der Waals surface area contributed by atoms with Gasteiger partial charge < -0.3 is 15.2 Å². The SMILES string of the molecule is CC(C)(C)NCC(O)COc1ccnc(Cl)n1. The zero-order valence-electron chi connectivity index (χ0n) is 10.3. The summed E-state index contributed by atoms with van der Waals surface area (Å²) in [5.74, 6) is 0.361. The van der Waals surface area contributed by atoms with Crippen LogP contribution in [-0.4, -0.2) is 39.9 Å². The highest BCUT2D eigenvalue weighted by Crippen LogP contribution is 2.08. The average molecular weight is 260 g/mol. The molecule has 0 saturated carbocycles. The van der Waals surface area contributed by atoms with Crippen LogP contribution in [0, 0.1) is 0 Å². The van der Waals surface area contributed by atoms with Gasteiger partial charge in [-0.05, 0) is 32.4 Å². The lowest BCUT2D eigenvalue weighted by molar-refractivity contribution is 0.0977. The highest BCUT2D eigenvalue weighted by atomic mass is 35.5. The molecular weight excluding hydrogens is 242 g/mol. The molecule has 0 saturated heterocycles. The predicted molar refractivity (Wildman–Crippen MR) is 66.3 cm³/mol. The van der Waals surface area contributed by atoms with Crippen molar-refractivity contribution in [1.82, 2.24) is 15.3 Å². The lowest BCUT2D eigenvalue weighted by Gasteiger charge is -2.22. The molecule has 0 aliphatic carbocycles. The van der Waals surface area contributed by atoms with E-state index in [1.165, 1.54) is 6.20 Å². The molecule has 1 heterocycles. The number of nitrogens with one attached hydrogen (secondary N) is 1. The molecule has 0 radical (unpaired) electrons. The Hall–Kier alpha value is -0.910. The molecule has 0 aliphatic rings. The minimum atomic E-state index is -0.594. The third kappa shape index (κ3) is 6.41. The van der Waals surface area contributed by atoms with Crippen LogP contribution in [0.2, 0.25) is 5.28 Å². The summed E-state index contributed by atoms with van der Waals surface area (Å²) in [4.78, 5) is 7.59. The van der Waals surface area contributed by atoms with Crippen LogP contribution >= 0.6 is 11.6 Å². The van der Waals surface area contributed by atoms with Gasteiger partial charge >= 0.3 is 0 Å². The number of rotatable bonds is 5. The Morgan fingerprint density at radius 3 is 2.82 bits per heavy atom. The Morgan fingerprint density at radius 1 is 1.53 bits per heavy atom. The van der Waals surface area contributed by atoms with Crippen molar-refractivity contribution in [3.63, 3.8) is 0 Å². The second-order valence-electron chi connectivity index (χ2n) is 4.76. The van der Waals surface area contributed by atoms with Gasteiger partial charge in [-0.2, -0.15) is 4.98 Å². The van der Waals surface area contributed by atoms with Crippen LogP contribution in [0.4, 0.5) is 0 Å². The average Bonchev–Trinajstić information content (AvgIpc) is 2.23. The summed E-state index contributed by atoms with van der Waals surface area (Å²) in [6.45, 7) is 6.72. The number of ether oxygens (including phenoxy) is 1. The molecule has 1 aromatic rings. The third-order valence-electron chi connectivity index (χ3n) is 1.89. The summed E-state index contributed by atoms with van der Waals surface area (Å²) in [7, 11) is 0. The van der Waals surface area contributed by atoms with E-state index in [-0.39, 0.29) is 17.4 Å². The molecule has 96 valence electrons. The van der Waals surface area contributed by atoms with E-state index in [2.05, 4.69) is 15.3 Å². The summed E-state index contributed by atoms with van der Waals surface area (Å²) in [6.07, 6.45) is 0.910. The molecule has 0 spiro atoms. The molecule has 1 unspecified atom stereocenters. The molecule has 1 aromatic heterocycles. The van der Waals surface area contributed by atoms with E-state index in [9.17, 15) is 5.11 Å². The molecule has 5 nitrogen and oxygen atoms in total. The maximum Gasteiger partial charge on any atom is 0.225 e. The number of halogens is 1. The lowest BCUT2D eigenvalue weighted by Crippen LogP contribution is -2.42. The van der Waals surface area contributed by atoms with Crippen LogP contribution in [0.3, 0.4) is 0 Å². The minimum absolute atomic E-state index is 0.0286. The molecule has 0 aliphatic heterocycles. The fraction of sp³-hybridized carbons (Fsp3) is 0.636. The van der Waals surface area contributed by atoms with Crippen molar-refractivity contribution in [2.75, 3.05) is 13.2 Å². The number of β-amino-alcohol motifs (C(OH)–C–C–N with tert-alkyl or cyclic N) is 1. The Morgan fingerprint density at radius 2 is 2.24 bits per heavy atom. The van der Waals surface area contributed by atoms with Crippen LogP contribution in [0.5, 0.6) is 5.88 Å². The molecule has 0 bridgehead atoms. The van der Waals surface area contributed by atoms with Gasteiger partial charge in [-0.25, -0.2) is 4.98 Å². The van der Waals surface area contributed by atoms with Crippen molar-refractivity contribution in [2.24, 2.45) is 0 Å². The summed E-state index contributed by atoms with van der Waals surface area (Å²) in [5.41, 5.74) is -0.0286. The third-order valence-corrected chi connectivity index (χ3v) is 2.07. The molecule has 0 aromatic carbocycles. The predicted octanol–water partition coefficient (Wildman–Crippen LogP) is 1.26. The van der Waals surface area contributed by atoms with E-state index in [1.54, 1.807) is 6.07 Å². The largest absolute Gasteiger partial charge is 0.475 e. The highest BCUT2D eigenvalue weighted by Gasteiger charge is 2.12. The van der Waals surface area contributed by atoms with Gasteiger partial charge in [0.25, 0.3) is 0 Å². The molecule has 17 heavy (non-hydrogen) atoms. The van der Waals surface area contributed by atoms with E-state index in [1.807, 2.05) is 20.8 Å². The Labute approximate surface area is 106 Å². The van der Waals surface area contributed by atoms with Gasteiger partial charge in [-0.15, -0.1) is 0 Å². The second kappa shape index (κ2) is 6.14. The molecule has 6 heteroatoms. The van der Waals surface area contributed by atoms with Crippen molar-refractivity contribution in [3.05, 3.63) is 17.5 Å². The smallest absolute Gasteiger partial charge is 0.225 e. The van der Waals surface area contributed by atoms with Gasteiger partial charge in [0.05, 0.1) is 0 Å². The Bertz CT molecular complexity index is 355. The molecule has 1 atom stereocenters. The first kappa shape index (κ1) is 14.2. The van der Waals surface area contributed by atoms with Crippen LogP contribution in [0.1, 0.15) is 20.8 Å². The van der Waals surface area contributed by atoms with E-state index in [4.69, 9.17) is 16.3 Å². The summed E-state index contributed by atoms with van der Waals surface area (Å²) >= 11 is 5.60. The summed E-state index contributed by atoms with van der Waals surface area (Å²) < 4.78 is 5.29. The standard InChI is InChI=1S/C11H18ClN3O2/c1-11(2,3)14-6-8(16)7-17-9-4-5-13-10(12)15-9/h4-5,8,14,16H,6-7H2,1-3H3. The van der Waals surface area contributed by atoms with E-state index < -0.39 is 6.10 Å². The number of aliphatic hydroxyl groups excluding tert-OH is 1. The van der Waals surface area contributed by atoms with Crippen molar-refractivity contribution < 1.29 is 9.84 Å². The number of nitrogens with zero attached hydrogens (tertiary/aromatic N) is 2. The first-order chi connectivity index (χ1) is 7.87. The fourth-order valence-corrected chi connectivity index (χ4v) is 1.20. The molecule has 2 N–H and O–H groups in total. The zero-order valence-corrected chi connectivity index (χ0v) is 11.0. The van der Waals surface area contributed by atoms with E-state index in [0.717, 1.165) is 0 Å². The topological polar surface area (TPSA) is 67.3 Å². The van der Waals surface area contributed by atoms with Gasteiger partial charge in [0, 0.05) is 24.3 Å². The van der Waals surface area contributed by atoms with Crippen molar-refractivity contribution in [1.29, 1.82) is 0 Å². The van der Waals surface area contributed by atoms with E-state index in [0.29, 0.717) is 12.4 Å². The number of hydrogen-bond acceptors (Lipinski definition) is 5. The zero-order chi connectivity index (χ0) is 12.9. The lowest BCUT2D eigenvalue weighted by atomic mass is 10.1. The van der Waals surface area contributed by atoms with Crippen LogP contribution < -0.4 is 10.1 Å². The summed E-state index contributed by atoms with van der Waals surface area (Å²) in [6, 6.07) is 1.59. The maximum atomic E-state index is 9.68. The Kier molecular flexibility index (Phi) is 5.11.